The highest BCUT2D eigenvalue weighted by Gasteiger charge is 2.35. The molecule has 3 heteroatoms. The lowest BCUT2D eigenvalue weighted by molar-refractivity contribution is 0.150. The summed E-state index contributed by atoms with van der Waals surface area (Å²) in [6.07, 6.45) is 0.991. The first-order valence-corrected chi connectivity index (χ1v) is 9.04. The van der Waals surface area contributed by atoms with Crippen molar-refractivity contribution in [3.8, 4) is 0 Å². The average molecular weight is 321 g/mol. The lowest BCUT2D eigenvalue weighted by atomic mass is 9.76. The van der Waals surface area contributed by atoms with Gasteiger partial charge in [0.2, 0.25) is 0 Å². The number of nitrogens with one attached hydrogen (secondary N) is 1. The number of benzene rings is 1. The average Bonchev–Trinajstić information content (AvgIpc) is 2.85. The van der Waals surface area contributed by atoms with Gasteiger partial charge >= 0.3 is 0 Å². The predicted molar refractivity (Wildman–Crippen MR) is 91.0 cm³/mol. The Morgan fingerprint density at radius 1 is 1.13 bits per heavy atom. The van der Waals surface area contributed by atoms with Crippen molar-refractivity contribution in [2.24, 2.45) is 17.8 Å². The minimum Gasteiger partial charge on any atom is -0.312 e. The van der Waals surface area contributed by atoms with Crippen LogP contribution in [-0.2, 0) is 13.0 Å². The topological polar surface area (TPSA) is 12.0 Å². The maximum Gasteiger partial charge on any atom is 0.264 e. The third-order valence-corrected chi connectivity index (χ3v) is 6.31. The fraction of sp³-hybridized carbons (Fsp3) is 0.700. The molecular formula is C20H29F2N. The molecule has 1 aromatic carbocycles. The Bertz CT molecular complexity index is 581. The molecule has 1 saturated carbocycles. The van der Waals surface area contributed by atoms with E-state index in [1.54, 1.807) is 0 Å². The van der Waals surface area contributed by atoms with Gasteiger partial charge in [-0.05, 0) is 84.7 Å². The molecule has 23 heavy (non-hydrogen) atoms. The highest BCUT2D eigenvalue weighted by Crippen LogP contribution is 2.46. The highest BCUT2D eigenvalue weighted by molar-refractivity contribution is 5.48. The first-order valence-electron chi connectivity index (χ1n) is 9.04. The summed E-state index contributed by atoms with van der Waals surface area (Å²) in [6, 6.07) is 1.83. The van der Waals surface area contributed by atoms with Crippen LogP contribution in [0.1, 0.15) is 73.8 Å². The van der Waals surface area contributed by atoms with Crippen LogP contribution in [0.4, 0.5) is 8.78 Å². The fourth-order valence-electron chi connectivity index (χ4n) is 5.07. The molecule has 4 unspecified atom stereocenters. The summed E-state index contributed by atoms with van der Waals surface area (Å²) in [7, 11) is 0. The zero-order valence-electron chi connectivity index (χ0n) is 14.8. The Morgan fingerprint density at radius 2 is 1.87 bits per heavy atom. The van der Waals surface area contributed by atoms with E-state index in [2.05, 4.69) is 26.1 Å². The van der Waals surface area contributed by atoms with Crippen molar-refractivity contribution in [2.45, 2.75) is 65.8 Å². The number of alkyl halides is 2. The van der Waals surface area contributed by atoms with Crippen molar-refractivity contribution in [1.82, 2.24) is 5.32 Å². The van der Waals surface area contributed by atoms with Gasteiger partial charge in [0.15, 0.2) is 0 Å². The van der Waals surface area contributed by atoms with Crippen molar-refractivity contribution in [2.75, 3.05) is 6.54 Å². The van der Waals surface area contributed by atoms with Gasteiger partial charge < -0.3 is 5.32 Å². The summed E-state index contributed by atoms with van der Waals surface area (Å²) in [5, 5.41) is 3.44. The molecule has 1 aliphatic carbocycles. The Morgan fingerprint density at radius 3 is 2.48 bits per heavy atom. The van der Waals surface area contributed by atoms with E-state index in [9.17, 15) is 8.78 Å². The van der Waals surface area contributed by atoms with Gasteiger partial charge in [0.1, 0.15) is 0 Å². The van der Waals surface area contributed by atoms with Crippen LogP contribution in [0.15, 0.2) is 6.07 Å². The lowest BCUT2D eigenvalue weighted by Gasteiger charge is -2.31. The normalized spacial score (nSPS) is 28.9. The Hall–Kier alpha value is -0.960. The molecule has 1 nitrogen and oxygen atoms in total. The van der Waals surface area contributed by atoms with E-state index in [1.165, 1.54) is 29.5 Å². The Balaban J connectivity index is 2.05. The molecule has 1 N–H and O–H groups in total. The van der Waals surface area contributed by atoms with Crippen LogP contribution >= 0.6 is 0 Å². The Kier molecular flexibility index (Phi) is 4.78. The van der Waals surface area contributed by atoms with Gasteiger partial charge in [-0.1, -0.05) is 20.8 Å². The third-order valence-electron chi connectivity index (χ3n) is 6.31. The molecule has 2 aliphatic rings. The van der Waals surface area contributed by atoms with Crippen molar-refractivity contribution < 1.29 is 8.78 Å². The standard InChI is InChI=1S/C20H29F2N/c1-11-7-12(2)16(8-11)14(4)17-9-18(20(21)22)13(3)15-5-6-23-10-19(15)17/h9,11-12,14,16,20,23H,5-8,10H2,1-4H3. The molecule has 1 aromatic rings. The maximum atomic E-state index is 13.5. The number of halogens is 2. The van der Waals surface area contributed by atoms with Crippen LogP contribution in [0, 0.1) is 24.7 Å². The van der Waals surface area contributed by atoms with E-state index in [1.807, 2.05) is 13.0 Å². The van der Waals surface area contributed by atoms with E-state index in [4.69, 9.17) is 0 Å². The second-order valence-electron chi connectivity index (χ2n) is 7.87. The molecule has 1 heterocycles. The molecule has 0 amide bonds. The first-order chi connectivity index (χ1) is 10.9. The number of hydrogen-bond acceptors (Lipinski definition) is 1. The fourth-order valence-corrected chi connectivity index (χ4v) is 5.07. The second kappa shape index (κ2) is 6.51. The molecule has 128 valence electrons. The quantitative estimate of drug-likeness (QED) is 0.790. The predicted octanol–water partition coefficient (Wildman–Crippen LogP) is 5.36. The number of fused-ring (bicyclic) bond motifs is 1. The van der Waals surface area contributed by atoms with Crippen LogP contribution in [0.25, 0.3) is 0 Å². The van der Waals surface area contributed by atoms with Gasteiger partial charge in [0.05, 0.1) is 0 Å². The van der Waals surface area contributed by atoms with Gasteiger partial charge in [-0.3, -0.25) is 0 Å². The van der Waals surface area contributed by atoms with Crippen molar-refractivity contribution in [1.29, 1.82) is 0 Å². The largest absolute Gasteiger partial charge is 0.312 e. The first kappa shape index (κ1) is 16.9. The molecule has 0 aromatic heterocycles. The van der Waals surface area contributed by atoms with E-state index in [0.29, 0.717) is 17.8 Å². The number of hydrogen-bond donors (Lipinski definition) is 1. The maximum absolute atomic E-state index is 13.5. The van der Waals surface area contributed by atoms with Gasteiger partial charge in [0.25, 0.3) is 6.43 Å². The molecule has 1 fully saturated rings. The van der Waals surface area contributed by atoms with E-state index < -0.39 is 6.43 Å². The van der Waals surface area contributed by atoms with Gasteiger partial charge in [0, 0.05) is 12.1 Å². The van der Waals surface area contributed by atoms with Gasteiger partial charge in [-0.15, -0.1) is 0 Å². The molecule has 3 rings (SSSR count). The zero-order valence-corrected chi connectivity index (χ0v) is 14.8. The molecular weight excluding hydrogens is 292 g/mol. The SMILES string of the molecule is Cc1c(C(F)F)cc(C(C)C2CC(C)CC2C)c2c1CCNC2. The van der Waals surface area contributed by atoms with Crippen LogP contribution in [0.2, 0.25) is 0 Å². The monoisotopic (exact) mass is 321 g/mol. The van der Waals surface area contributed by atoms with Crippen LogP contribution in [-0.4, -0.2) is 6.54 Å². The van der Waals surface area contributed by atoms with E-state index in [-0.39, 0.29) is 5.56 Å². The van der Waals surface area contributed by atoms with Gasteiger partial charge in [-0.25, -0.2) is 8.78 Å². The smallest absolute Gasteiger partial charge is 0.264 e. The van der Waals surface area contributed by atoms with E-state index in [0.717, 1.165) is 31.0 Å². The van der Waals surface area contributed by atoms with Crippen LogP contribution < -0.4 is 5.32 Å². The minimum atomic E-state index is -2.37. The highest BCUT2D eigenvalue weighted by atomic mass is 19.3. The van der Waals surface area contributed by atoms with E-state index >= 15 is 0 Å². The minimum absolute atomic E-state index is 0.256. The summed E-state index contributed by atoms with van der Waals surface area (Å²) < 4.78 is 27.1. The van der Waals surface area contributed by atoms with Crippen LogP contribution in [0.3, 0.4) is 0 Å². The molecule has 0 saturated heterocycles. The molecule has 0 bridgehead atoms. The third kappa shape index (κ3) is 3.05. The summed E-state index contributed by atoms with van der Waals surface area (Å²) in [6.45, 7) is 10.5. The second-order valence-corrected chi connectivity index (χ2v) is 7.87. The zero-order chi connectivity index (χ0) is 16.7. The van der Waals surface area contributed by atoms with Crippen LogP contribution in [0.5, 0.6) is 0 Å². The molecule has 0 radical (unpaired) electrons. The number of rotatable bonds is 3. The summed E-state index contributed by atoms with van der Waals surface area (Å²) in [4.78, 5) is 0. The molecule has 1 aliphatic heterocycles. The lowest BCUT2D eigenvalue weighted by Crippen LogP contribution is -2.28. The van der Waals surface area contributed by atoms with Crippen molar-refractivity contribution in [3.05, 3.63) is 33.9 Å². The summed E-state index contributed by atoms with van der Waals surface area (Å²) in [5.74, 6) is 2.42. The van der Waals surface area contributed by atoms with Crippen molar-refractivity contribution >= 4 is 0 Å². The summed E-state index contributed by atoms with van der Waals surface area (Å²) in [5.41, 5.74) is 4.74. The van der Waals surface area contributed by atoms with Crippen molar-refractivity contribution in [3.63, 3.8) is 0 Å². The molecule has 0 spiro atoms. The molecule has 4 atom stereocenters. The Labute approximate surface area is 138 Å². The summed E-state index contributed by atoms with van der Waals surface area (Å²) >= 11 is 0. The van der Waals surface area contributed by atoms with Gasteiger partial charge in [-0.2, -0.15) is 0 Å².